The number of amides is 3. The molecule has 3 amide bonds. The minimum Gasteiger partial charge on any atom is -0.399 e. The molecule has 34 heavy (non-hydrogen) atoms. The fourth-order valence-electron chi connectivity index (χ4n) is 4.40. The van der Waals surface area contributed by atoms with Gasteiger partial charge >= 0.3 is 6.03 Å². The number of rotatable bonds is 3. The third-order valence-electron chi connectivity index (χ3n) is 5.94. The average Bonchev–Trinajstić information content (AvgIpc) is 3.42. The van der Waals surface area contributed by atoms with Crippen molar-refractivity contribution in [2.24, 2.45) is 9.98 Å². The maximum atomic E-state index is 13.5. The number of anilines is 2. The zero-order valence-electron chi connectivity index (χ0n) is 18.2. The van der Waals surface area contributed by atoms with Crippen LogP contribution in [0.1, 0.15) is 22.8 Å². The van der Waals surface area contributed by atoms with Crippen LogP contribution in [-0.4, -0.2) is 37.7 Å². The van der Waals surface area contributed by atoms with Crippen LogP contribution in [0, 0.1) is 0 Å². The molecule has 3 aromatic carbocycles. The van der Waals surface area contributed by atoms with Crippen molar-refractivity contribution in [1.82, 2.24) is 0 Å². The first-order valence-electron chi connectivity index (χ1n) is 10.6. The van der Waals surface area contributed by atoms with Gasteiger partial charge in [-0.05, 0) is 60.9 Å². The number of nitrogens with zero attached hydrogens (tertiary/aromatic N) is 3. The average molecular weight is 473 g/mol. The number of fused-ring (bicyclic) bond motifs is 1. The number of nitrogen functional groups attached to an aromatic ring is 1. The zero-order valence-corrected chi connectivity index (χ0v) is 19.0. The molecule has 0 saturated carbocycles. The van der Waals surface area contributed by atoms with Gasteiger partial charge in [0.15, 0.2) is 5.04 Å². The van der Waals surface area contributed by atoms with E-state index in [0.717, 1.165) is 11.8 Å². The molecule has 5 rings (SSSR count). The van der Waals surface area contributed by atoms with Crippen molar-refractivity contribution in [2.75, 3.05) is 10.6 Å². The van der Waals surface area contributed by atoms with Crippen molar-refractivity contribution < 1.29 is 18.0 Å². The highest BCUT2D eigenvalue weighted by atomic mass is 32.2. The summed E-state index contributed by atoms with van der Waals surface area (Å²) in [6.07, 6.45) is 1.43. The van der Waals surface area contributed by atoms with Crippen molar-refractivity contribution in [1.29, 1.82) is 0 Å². The molecule has 0 aromatic heterocycles. The van der Waals surface area contributed by atoms with Gasteiger partial charge in [-0.2, -0.15) is 9.98 Å². The van der Waals surface area contributed by atoms with Crippen LogP contribution in [0.3, 0.4) is 0 Å². The van der Waals surface area contributed by atoms with E-state index >= 15 is 0 Å². The summed E-state index contributed by atoms with van der Waals surface area (Å²) in [5, 5.41) is -0.393. The molecule has 0 saturated heterocycles. The number of carbonyl (C=O) groups excluding carboxylic acids is 2. The minimum atomic E-state index is -4.12. The van der Waals surface area contributed by atoms with E-state index in [2.05, 4.69) is 9.98 Å². The highest BCUT2D eigenvalue weighted by Gasteiger charge is 2.37. The van der Waals surface area contributed by atoms with E-state index in [1.165, 1.54) is 6.07 Å². The molecular formula is C25H20N4O4S. The van der Waals surface area contributed by atoms with Crippen LogP contribution in [0.5, 0.6) is 0 Å². The summed E-state index contributed by atoms with van der Waals surface area (Å²) in [6.45, 7) is 1.92. The molecule has 170 valence electrons. The molecule has 3 aromatic rings. The quantitative estimate of drug-likeness (QED) is 0.579. The Morgan fingerprint density at radius 1 is 1.03 bits per heavy atom. The standard InChI is InChI=1S/C25H20N4O4S/c1-15-13-19-20(29(15)24(30)17-7-9-18(26)10-8-17)11-12-21(23(19)16-5-3-2-4-6-16)34(32,33)22-14-27-25(31)28-22/h2-12,14-15H,13,26H2,1H3. The lowest BCUT2D eigenvalue weighted by Gasteiger charge is -2.23. The lowest BCUT2D eigenvalue weighted by molar-refractivity contribution is 0.0981. The SMILES string of the molecule is CC1Cc2c(ccc(S(=O)(=O)C3=NC(=O)N=C3)c2-c2ccccc2)N1C(=O)c1ccc(N)cc1. The van der Waals surface area contributed by atoms with E-state index < -0.39 is 20.9 Å². The second kappa shape index (κ2) is 8.03. The summed E-state index contributed by atoms with van der Waals surface area (Å²) in [7, 11) is -4.12. The van der Waals surface area contributed by atoms with Gasteiger partial charge in [0.05, 0.1) is 11.1 Å². The molecule has 8 nitrogen and oxygen atoms in total. The zero-order chi connectivity index (χ0) is 24.0. The Kier molecular flexibility index (Phi) is 5.13. The molecule has 1 unspecified atom stereocenters. The fourth-order valence-corrected chi connectivity index (χ4v) is 5.77. The molecule has 0 bridgehead atoms. The summed E-state index contributed by atoms with van der Waals surface area (Å²) in [4.78, 5) is 33.6. The summed E-state index contributed by atoms with van der Waals surface area (Å²) >= 11 is 0. The molecule has 2 aliphatic heterocycles. The molecule has 2 heterocycles. The van der Waals surface area contributed by atoms with Gasteiger partial charge in [-0.3, -0.25) is 4.79 Å². The van der Waals surface area contributed by atoms with Crippen molar-refractivity contribution in [3.05, 3.63) is 77.9 Å². The van der Waals surface area contributed by atoms with Gasteiger partial charge in [-0.1, -0.05) is 30.3 Å². The number of nitrogens with two attached hydrogens (primary N) is 1. The molecule has 2 aliphatic rings. The number of aliphatic imine (C=N–C) groups is 2. The smallest absolute Gasteiger partial charge is 0.368 e. The van der Waals surface area contributed by atoms with E-state index in [9.17, 15) is 18.0 Å². The van der Waals surface area contributed by atoms with Crippen LogP contribution in [0.4, 0.5) is 16.2 Å². The van der Waals surface area contributed by atoms with E-state index in [1.54, 1.807) is 35.2 Å². The Balaban J connectivity index is 1.70. The van der Waals surface area contributed by atoms with Gasteiger partial charge < -0.3 is 10.6 Å². The predicted molar refractivity (Wildman–Crippen MR) is 131 cm³/mol. The molecule has 9 heteroatoms. The van der Waals surface area contributed by atoms with Crippen LogP contribution < -0.4 is 10.6 Å². The van der Waals surface area contributed by atoms with Crippen LogP contribution >= 0.6 is 0 Å². The number of hydrogen-bond acceptors (Lipinski definition) is 5. The van der Waals surface area contributed by atoms with Crippen LogP contribution in [0.25, 0.3) is 11.1 Å². The molecule has 0 spiro atoms. The molecule has 1 atom stereocenters. The van der Waals surface area contributed by atoms with Crippen molar-refractivity contribution >= 4 is 44.4 Å². The van der Waals surface area contributed by atoms with Crippen molar-refractivity contribution in [2.45, 2.75) is 24.3 Å². The Morgan fingerprint density at radius 2 is 1.74 bits per heavy atom. The van der Waals surface area contributed by atoms with E-state index in [0.29, 0.717) is 34.5 Å². The lowest BCUT2D eigenvalue weighted by atomic mass is 9.97. The van der Waals surface area contributed by atoms with E-state index in [-0.39, 0.29) is 16.8 Å². The van der Waals surface area contributed by atoms with Gasteiger partial charge in [0.25, 0.3) is 5.91 Å². The number of carbonyl (C=O) groups is 2. The van der Waals surface area contributed by atoms with Gasteiger partial charge in [-0.25, -0.2) is 13.2 Å². The molecule has 2 N–H and O–H groups in total. The molecular weight excluding hydrogens is 452 g/mol. The molecule has 0 aliphatic carbocycles. The normalized spacial score (nSPS) is 17.1. The first-order valence-corrected chi connectivity index (χ1v) is 12.1. The predicted octanol–water partition coefficient (Wildman–Crippen LogP) is 3.90. The van der Waals surface area contributed by atoms with Crippen LogP contribution in [0.2, 0.25) is 0 Å². The van der Waals surface area contributed by atoms with Gasteiger partial charge in [0.2, 0.25) is 9.84 Å². The summed E-state index contributed by atoms with van der Waals surface area (Å²) in [5.41, 5.74) is 9.38. The summed E-state index contributed by atoms with van der Waals surface area (Å²) in [5.74, 6) is -0.196. The first kappa shape index (κ1) is 21.7. The maximum Gasteiger partial charge on any atom is 0.368 e. The third kappa shape index (κ3) is 3.50. The van der Waals surface area contributed by atoms with Gasteiger partial charge in [-0.15, -0.1) is 0 Å². The Labute approximate surface area is 196 Å². The summed E-state index contributed by atoms with van der Waals surface area (Å²) in [6, 6.07) is 17.9. The highest BCUT2D eigenvalue weighted by Crippen LogP contribution is 2.43. The van der Waals surface area contributed by atoms with Gasteiger partial charge in [0, 0.05) is 28.5 Å². The largest absolute Gasteiger partial charge is 0.399 e. The number of sulfone groups is 1. The minimum absolute atomic E-state index is 0.0198. The fraction of sp³-hybridized carbons (Fsp3) is 0.120. The number of hydrogen-bond donors (Lipinski definition) is 1. The number of benzene rings is 3. The van der Waals surface area contributed by atoms with E-state index in [1.807, 2.05) is 37.3 Å². The Bertz CT molecular complexity index is 1490. The summed E-state index contributed by atoms with van der Waals surface area (Å²) < 4.78 is 26.9. The number of urea groups is 1. The maximum absolute atomic E-state index is 13.5. The van der Waals surface area contributed by atoms with Crippen LogP contribution in [0.15, 0.2) is 81.6 Å². The second-order valence-corrected chi connectivity index (χ2v) is 10.0. The lowest BCUT2D eigenvalue weighted by Crippen LogP contribution is -2.35. The van der Waals surface area contributed by atoms with Gasteiger partial charge in [0.1, 0.15) is 0 Å². The monoisotopic (exact) mass is 472 g/mol. The van der Waals surface area contributed by atoms with Crippen LogP contribution in [-0.2, 0) is 16.3 Å². The van der Waals surface area contributed by atoms with Crippen molar-refractivity contribution in [3.63, 3.8) is 0 Å². The van der Waals surface area contributed by atoms with Crippen molar-refractivity contribution in [3.8, 4) is 11.1 Å². The highest BCUT2D eigenvalue weighted by molar-refractivity contribution is 8.08. The Morgan fingerprint density at radius 3 is 2.38 bits per heavy atom. The third-order valence-corrected chi connectivity index (χ3v) is 7.61. The molecule has 0 radical (unpaired) electrons. The Hall–Kier alpha value is -4.11. The van der Waals surface area contributed by atoms with E-state index in [4.69, 9.17) is 5.73 Å². The molecule has 0 fully saturated rings. The second-order valence-electron chi connectivity index (χ2n) is 8.15. The first-order chi connectivity index (χ1) is 16.3. The topological polar surface area (TPSA) is 122 Å².